The molecule has 1 heterocycles. The van der Waals surface area contributed by atoms with Crippen LogP contribution in [0.1, 0.15) is 27.2 Å². The summed E-state index contributed by atoms with van der Waals surface area (Å²) in [6, 6.07) is 5.28. The molecule has 3 nitrogen and oxygen atoms in total. The third-order valence-corrected chi connectivity index (χ3v) is 4.98. The largest absolute Gasteiger partial charge is 0.345 e. The molecule has 19 heavy (non-hydrogen) atoms. The first-order valence-corrected chi connectivity index (χ1v) is 7.76. The van der Waals surface area contributed by atoms with Crippen molar-refractivity contribution >= 4 is 44.8 Å². The smallest absolute Gasteiger partial charge is 0.253 e. The molecule has 0 atom stereocenters. The topological polar surface area (TPSA) is 42.0 Å². The summed E-state index contributed by atoms with van der Waals surface area (Å²) in [5, 5.41) is 4.15. The molecule has 0 bridgehead atoms. The van der Waals surface area contributed by atoms with Crippen LogP contribution in [0.3, 0.4) is 0 Å². The zero-order valence-corrected chi connectivity index (χ0v) is 13.4. The zero-order valence-electron chi connectivity index (χ0n) is 10.2. The van der Waals surface area contributed by atoms with Gasteiger partial charge in [-0.1, -0.05) is 24.6 Å². The molecule has 0 fully saturated rings. The van der Waals surface area contributed by atoms with E-state index in [0.717, 1.165) is 11.4 Å². The molecule has 0 aliphatic carbocycles. The lowest BCUT2D eigenvalue weighted by Crippen LogP contribution is -2.23. The maximum atomic E-state index is 12.0. The monoisotopic (exact) mass is 358 g/mol. The minimum Gasteiger partial charge on any atom is -0.345 e. The highest BCUT2D eigenvalue weighted by Crippen LogP contribution is 2.26. The van der Waals surface area contributed by atoms with Crippen molar-refractivity contribution in [1.29, 1.82) is 0 Å². The fourth-order valence-electron chi connectivity index (χ4n) is 1.52. The fraction of sp³-hybridized carbons (Fsp3) is 0.231. The van der Waals surface area contributed by atoms with Crippen LogP contribution in [-0.4, -0.2) is 10.9 Å². The van der Waals surface area contributed by atoms with Gasteiger partial charge < -0.3 is 5.32 Å². The van der Waals surface area contributed by atoms with Crippen LogP contribution >= 0.6 is 38.9 Å². The zero-order chi connectivity index (χ0) is 13.8. The number of aryl methyl sites for hydroxylation is 1. The van der Waals surface area contributed by atoms with Crippen molar-refractivity contribution in [3.8, 4) is 0 Å². The third kappa shape index (κ3) is 3.55. The van der Waals surface area contributed by atoms with Gasteiger partial charge in [0.1, 0.15) is 5.01 Å². The van der Waals surface area contributed by atoms with E-state index in [4.69, 9.17) is 11.6 Å². The van der Waals surface area contributed by atoms with E-state index in [1.807, 2.05) is 6.20 Å². The van der Waals surface area contributed by atoms with Gasteiger partial charge in [-0.05, 0) is 34.5 Å². The lowest BCUT2D eigenvalue weighted by Gasteiger charge is -2.06. The maximum Gasteiger partial charge on any atom is 0.253 e. The average Bonchev–Trinajstić information content (AvgIpc) is 2.87. The first kappa shape index (κ1) is 14.5. The Morgan fingerprint density at radius 2 is 2.32 bits per heavy atom. The minimum absolute atomic E-state index is 0.195. The predicted molar refractivity (Wildman–Crippen MR) is 81.8 cm³/mol. The van der Waals surface area contributed by atoms with Gasteiger partial charge in [0.05, 0.1) is 17.1 Å². The SMILES string of the molecule is CCc1cnc(CNC(=O)c2cccc(Br)c2Cl)s1. The molecule has 6 heteroatoms. The molecule has 0 aliphatic heterocycles. The number of hydrogen-bond acceptors (Lipinski definition) is 3. The molecular formula is C13H12BrClN2OS. The standard InChI is InChI=1S/C13H12BrClN2OS/c1-2-8-6-16-11(19-8)7-17-13(18)9-4-3-5-10(14)12(9)15/h3-6H,2,7H2,1H3,(H,17,18). The van der Waals surface area contributed by atoms with Crippen molar-refractivity contribution in [2.24, 2.45) is 0 Å². The van der Waals surface area contributed by atoms with Gasteiger partial charge >= 0.3 is 0 Å². The van der Waals surface area contributed by atoms with Gasteiger partial charge in [-0.3, -0.25) is 4.79 Å². The van der Waals surface area contributed by atoms with Gasteiger partial charge in [-0.2, -0.15) is 0 Å². The number of carbonyl (C=O) groups excluding carboxylic acids is 1. The number of nitrogens with zero attached hydrogens (tertiary/aromatic N) is 1. The molecule has 2 rings (SSSR count). The number of halogens is 2. The van der Waals surface area contributed by atoms with E-state index >= 15 is 0 Å². The van der Waals surface area contributed by atoms with E-state index in [2.05, 4.69) is 33.2 Å². The van der Waals surface area contributed by atoms with Crippen LogP contribution in [0.5, 0.6) is 0 Å². The first-order valence-electron chi connectivity index (χ1n) is 5.77. The second-order valence-electron chi connectivity index (χ2n) is 3.86. The van der Waals surface area contributed by atoms with Gasteiger partial charge in [0, 0.05) is 15.5 Å². The number of thiazole rings is 1. The Labute approximate surface area is 129 Å². The normalized spacial score (nSPS) is 10.5. The Kier molecular flexibility index (Phi) is 4.96. The number of amides is 1. The van der Waals surface area contributed by atoms with Crippen molar-refractivity contribution in [2.45, 2.75) is 19.9 Å². The molecule has 0 aliphatic rings. The van der Waals surface area contributed by atoms with Crippen LogP contribution in [0.15, 0.2) is 28.9 Å². The van der Waals surface area contributed by atoms with E-state index in [-0.39, 0.29) is 5.91 Å². The molecule has 1 aromatic heterocycles. The summed E-state index contributed by atoms with van der Waals surface area (Å²) in [6.45, 7) is 2.50. The van der Waals surface area contributed by atoms with Crippen LogP contribution in [0.4, 0.5) is 0 Å². The van der Waals surface area contributed by atoms with Crippen molar-refractivity contribution < 1.29 is 4.79 Å². The molecule has 100 valence electrons. The van der Waals surface area contributed by atoms with E-state index in [9.17, 15) is 4.79 Å². The summed E-state index contributed by atoms with van der Waals surface area (Å²) in [5.74, 6) is -0.195. The Morgan fingerprint density at radius 3 is 3.00 bits per heavy atom. The Morgan fingerprint density at radius 1 is 1.53 bits per heavy atom. The van der Waals surface area contributed by atoms with Crippen molar-refractivity contribution in [2.75, 3.05) is 0 Å². The minimum atomic E-state index is -0.195. The fourth-order valence-corrected chi connectivity index (χ4v) is 2.90. The van der Waals surface area contributed by atoms with Gasteiger partial charge in [-0.25, -0.2) is 4.98 Å². The van der Waals surface area contributed by atoms with Crippen molar-refractivity contribution in [3.05, 3.63) is 49.3 Å². The second-order valence-corrected chi connectivity index (χ2v) is 6.29. The Hall–Kier alpha value is -0.910. The lowest BCUT2D eigenvalue weighted by molar-refractivity contribution is 0.0951. The Balaban J connectivity index is 2.03. The summed E-state index contributed by atoms with van der Waals surface area (Å²) < 4.78 is 0.712. The highest BCUT2D eigenvalue weighted by molar-refractivity contribution is 9.10. The molecule has 1 amide bonds. The van der Waals surface area contributed by atoms with Crippen molar-refractivity contribution in [3.63, 3.8) is 0 Å². The highest BCUT2D eigenvalue weighted by Gasteiger charge is 2.12. The van der Waals surface area contributed by atoms with Gasteiger partial charge in [0.2, 0.25) is 0 Å². The predicted octanol–water partition coefficient (Wildman–Crippen LogP) is 4.05. The maximum absolute atomic E-state index is 12.0. The molecule has 0 spiro atoms. The number of aromatic nitrogens is 1. The molecular weight excluding hydrogens is 348 g/mol. The molecule has 0 unspecified atom stereocenters. The van der Waals surface area contributed by atoms with Gasteiger partial charge in [0.25, 0.3) is 5.91 Å². The number of benzene rings is 1. The number of hydrogen-bond donors (Lipinski definition) is 1. The quantitative estimate of drug-likeness (QED) is 0.894. The summed E-state index contributed by atoms with van der Waals surface area (Å²) in [7, 11) is 0. The molecule has 1 aromatic carbocycles. The molecule has 2 aromatic rings. The van der Waals surface area contributed by atoms with Crippen LogP contribution in [-0.2, 0) is 13.0 Å². The molecule has 0 saturated heterocycles. The number of carbonyl (C=O) groups is 1. The second kappa shape index (κ2) is 6.50. The van der Waals surface area contributed by atoms with Crippen LogP contribution in [0.2, 0.25) is 5.02 Å². The molecule has 1 N–H and O–H groups in total. The van der Waals surface area contributed by atoms with E-state index in [0.29, 0.717) is 21.6 Å². The summed E-state index contributed by atoms with van der Waals surface area (Å²) in [6.07, 6.45) is 2.81. The summed E-state index contributed by atoms with van der Waals surface area (Å²) >= 11 is 11.0. The van der Waals surface area contributed by atoms with E-state index in [1.165, 1.54) is 4.88 Å². The van der Waals surface area contributed by atoms with E-state index < -0.39 is 0 Å². The third-order valence-electron chi connectivity index (χ3n) is 2.55. The van der Waals surface area contributed by atoms with Crippen molar-refractivity contribution in [1.82, 2.24) is 10.3 Å². The Bertz CT molecular complexity index is 600. The number of rotatable bonds is 4. The summed E-state index contributed by atoms with van der Waals surface area (Å²) in [5.41, 5.74) is 0.461. The lowest BCUT2D eigenvalue weighted by atomic mass is 10.2. The van der Waals surface area contributed by atoms with Crippen LogP contribution in [0, 0.1) is 0 Å². The van der Waals surface area contributed by atoms with E-state index in [1.54, 1.807) is 29.5 Å². The van der Waals surface area contributed by atoms with Gasteiger partial charge in [-0.15, -0.1) is 11.3 Å². The van der Waals surface area contributed by atoms with Crippen LogP contribution < -0.4 is 5.32 Å². The average molecular weight is 360 g/mol. The molecule has 0 saturated carbocycles. The first-order chi connectivity index (χ1) is 9.11. The van der Waals surface area contributed by atoms with Gasteiger partial charge in [0.15, 0.2) is 0 Å². The summed E-state index contributed by atoms with van der Waals surface area (Å²) in [4.78, 5) is 17.5. The number of nitrogens with one attached hydrogen (secondary N) is 1. The van der Waals surface area contributed by atoms with Crippen LogP contribution in [0.25, 0.3) is 0 Å². The molecule has 0 radical (unpaired) electrons. The highest BCUT2D eigenvalue weighted by atomic mass is 79.9.